The number of nitrogens with one attached hydrogen (secondary N) is 1. The summed E-state index contributed by atoms with van der Waals surface area (Å²) in [5.74, 6) is 0.169. The Balaban J connectivity index is 1.43. The molecule has 1 saturated heterocycles. The predicted molar refractivity (Wildman–Crippen MR) is 104 cm³/mol. The van der Waals surface area contributed by atoms with Crippen LogP contribution < -0.4 is 10.1 Å². The molecular weight excluding hydrogens is 380 g/mol. The summed E-state index contributed by atoms with van der Waals surface area (Å²) in [6, 6.07) is 9.91. The number of ether oxygens (including phenoxy) is 1. The highest BCUT2D eigenvalue weighted by Crippen LogP contribution is 2.27. The topological polar surface area (TPSA) is 88.8 Å². The lowest BCUT2D eigenvalue weighted by Gasteiger charge is -2.14. The summed E-state index contributed by atoms with van der Waals surface area (Å²) in [6.45, 7) is 0.969. The number of rotatable bonds is 6. The first-order valence-electron chi connectivity index (χ1n) is 9.70. The quantitative estimate of drug-likeness (QED) is 0.794. The van der Waals surface area contributed by atoms with Gasteiger partial charge in [0, 0.05) is 24.8 Å². The minimum atomic E-state index is -3.68. The fraction of sp³-hybridized carbons (Fsp3) is 0.450. The van der Waals surface area contributed by atoms with Crippen LogP contribution in [0.4, 0.5) is 5.69 Å². The van der Waals surface area contributed by atoms with Crippen LogP contribution in [0, 0.1) is 0 Å². The van der Waals surface area contributed by atoms with Crippen molar-refractivity contribution in [1.29, 1.82) is 0 Å². The van der Waals surface area contributed by atoms with E-state index < -0.39 is 15.9 Å². The van der Waals surface area contributed by atoms with Crippen molar-refractivity contribution in [2.75, 3.05) is 18.4 Å². The molecule has 0 bridgehead atoms. The molecule has 1 aromatic carbocycles. The highest BCUT2D eigenvalue weighted by Gasteiger charge is 2.30. The third-order valence-corrected chi connectivity index (χ3v) is 6.93. The summed E-state index contributed by atoms with van der Waals surface area (Å²) in [5, 5.41) is 2.54. The van der Waals surface area contributed by atoms with Crippen molar-refractivity contribution < 1.29 is 22.4 Å². The molecular formula is C20H24N2O5S. The molecule has 0 atom stereocenters. The zero-order valence-electron chi connectivity index (χ0n) is 15.6. The molecule has 1 amide bonds. The van der Waals surface area contributed by atoms with E-state index in [2.05, 4.69) is 5.32 Å². The van der Waals surface area contributed by atoms with Gasteiger partial charge in [-0.15, -0.1) is 0 Å². The predicted octanol–water partition coefficient (Wildman–Crippen LogP) is 3.64. The summed E-state index contributed by atoms with van der Waals surface area (Å²) in [6.07, 6.45) is 6.38. The van der Waals surface area contributed by atoms with Gasteiger partial charge >= 0.3 is 0 Å². The van der Waals surface area contributed by atoms with Crippen LogP contribution in [-0.2, 0) is 10.0 Å². The fourth-order valence-electron chi connectivity index (χ4n) is 3.68. The van der Waals surface area contributed by atoms with Crippen molar-refractivity contribution in [2.24, 2.45) is 0 Å². The maximum Gasteiger partial charge on any atom is 0.291 e. The van der Waals surface area contributed by atoms with Crippen LogP contribution in [0.15, 0.2) is 45.9 Å². The number of hydrogen-bond donors (Lipinski definition) is 1. The molecule has 0 unspecified atom stereocenters. The number of hydrogen-bond acceptors (Lipinski definition) is 5. The molecule has 4 rings (SSSR count). The van der Waals surface area contributed by atoms with E-state index in [1.165, 1.54) is 29.3 Å². The van der Waals surface area contributed by atoms with E-state index in [0.29, 0.717) is 24.5 Å². The Labute approximate surface area is 164 Å². The monoisotopic (exact) mass is 404 g/mol. The minimum absolute atomic E-state index is 0.0418. The highest BCUT2D eigenvalue weighted by atomic mass is 32.2. The lowest BCUT2D eigenvalue weighted by Crippen LogP contribution is -2.27. The van der Waals surface area contributed by atoms with Gasteiger partial charge in [-0.25, -0.2) is 8.42 Å². The zero-order valence-corrected chi connectivity index (χ0v) is 16.4. The maximum absolute atomic E-state index is 12.5. The molecule has 28 heavy (non-hydrogen) atoms. The van der Waals surface area contributed by atoms with E-state index in [1.54, 1.807) is 12.1 Å². The van der Waals surface area contributed by atoms with Crippen LogP contribution in [-0.4, -0.2) is 37.8 Å². The van der Waals surface area contributed by atoms with Gasteiger partial charge in [0.15, 0.2) is 5.76 Å². The molecule has 2 heterocycles. The smallest absolute Gasteiger partial charge is 0.291 e. The molecule has 0 radical (unpaired) electrons. The van der Waals surface area contributed by atoms with Crippen LogP contribution in [0.3, 0.4) is 0 Å². The molecule has 1 saturated carbocycles. The molecule has 1 N–H and O–H groups in total. The normalized spacial score (nSPS) is 18.4. The highest BCUT2D eigenvalue weighted by molar-refractivity contribution is 7.89. The van der Waals surface area contributed by atoms with Crippen molar-refractivity contribution in [1.82, 2.24) is 4.31 Å². The van der Waals surface area contributed by atoms with E-state index in [4.69, 9.17) is 9.15 Å². The van der Waals surface area contributed by atoms with Crippen LogP contribution in [0.1, 0.15) is 49.1 Å². The summed E-state index contributed by atoms with van der Waals surface area (Å²) >= 11 is 0. The fourth-order valence-corrected chi connectivity index (χ4v) is 5.10. The zero-order chi connectivity index (χ0) is 19.6. The molecule has 2 aliphatic rings. The third kappa shape index (κ3) is 4.07. The largest absolute Gasteiger partial charge is 0.490 e. The number of sulfonamides is 1. The van der Waals surface area contributed by atoms with Crippen LogP contribution >= 0.6 is 0 Å². The molecule has 2 fully saturated rings. The average Bonchev–Trinajstić information content (AvgIpc) is 3.43. The molecule has 0 spiro atoms. The van der Waals surface area contributed by atoms with Gasteiger partial charge in [0.1, 0.15) is 5.75 Å². The van der Waals surface area contributed by atoms with Gasteiger partial charge in [0.05, 0.1) is 6.10 Å². The summed E-state index contributed by atoms with van der Waals surface area (Å²) in [7, 11) is -3.68. The first kappa shape index (κ1) is 19.0. The lowest BCUT2D eigenvalue weighted by molar-refractivity contribution is 0.0991. The Morgan fingerprint density at radius 1 is 1.07 bits per heavy atom. The number of amides is 1. The standard InChI is InChI=1S/C20H24N2O5S/c23-20(18-10-11-19(27-18)28(24,25)22-12-3-4-13-22)21-15-6-5-9-17(14-15)26-16-7-1-2-8-16/h5-6,9-11,14,16H,1-4,7-8,12-13H2,(H,21,23). The number of benzene rings is 1. The Morgan fingerprint density at radius 3 is 2.57 bits per heavy atom. The van der Waals surface area contributed by atoms with Crippen LogP contribution in [0.25, 0.3) is 0 Å². The second kappa shape index (κ2) is 7.97. The summed E-state index contributed by atoms with van der Waals surface area (Å²) in [4.78, 5) is 12.5. The van der Waals surface area contributed by atoms with E-state index in [1.807, 2.05) is 12.1 Å². The molecule has 2 aromatic rings. The van der Waals surface area contributed by atoms with Gasteiger partial charge in [-0.3, -0.25) is 4.79 Å². The summed E-state index contributed by atoms with van der Waals surface area (Å²) in [5.41, 5.74) is 0.570. The second-order valence-corrected chi connectivity index (χ2v) is 9.11. The Hall–Kier alpha value is -2.32. The number of carbonyl (C=O) groups is 1. The van der Waals surface area contributed by atoms with Gasteiger partial charge in [-0.2, -0.15) is 4.31 Å². The Morgan fingerprint density at radius 2 is 1.82 bits per heavy atom. The van der Waals surface area contributed by atoms with Gasteiger partial charge in [0.25, 0.3) is 15.9 Å². The third-order valence-electron chi connectivity index (χ3n) is 5.16. The van der Waals surface area contributed by atoms with Gasteiger partial charge < -0.3 is 14.5 Å². The Kier molecular flexibility index (Phi) is 5.41. The first-order chi connectivity index (χ1) is 13.5. The molecule has 1 aromatic heterocycles. The number of anilines is 1. The molecule has 7 nitrogen and oxygen atoms in total. The van der Waals surface area contributed by atoms with Gasteiger partial charge in [-0.1, -0.05) is 6.07 Å². The van der Waals surface area contributed by atoms with Crippen molar-refractivity contribution in [2.45, 2.75) is 49.7 Å². The summed E-state index contributed by atoms with van der Waals surface area (Å²) < 4.78 is 37.7. The van der Waals surface area contributed by atoms with E-state index >= 15 is 0 Å². The Bertz CT molecular complexity index is 941. The van der Waals surface area contributed by atoms with Crippen molar-refractivity contribution in [3.63, 3.8) is 0 Å². The second-order valence-electron chi connectivity index (χ2n) is 7.24. The van der Waals surface area contributed by atoms with Gasteiger partial charge in [-0.05, 0) is 62.8 Å². The minimum Gasteiger partial charge on any atom is -0.490 e. The van der Waals surface area contributed by atoms with Crippen LogP contribution in [0.5, 0.6) is 5.75 Å². The van der Waals surface area contributed by atoms with Crippen molar-refractivity contribution >= 4 is 21.6 Å². The molecule has 8 heteroatoms. The van der Waals surface area contributed by atoms with E-state index in [9.17, 15) is 13.2 Å². The van der Waals surface area contributed by atoms with Crippen molar-refractivity contribution in [3.05, 3.63) is 42.2 Å². The molecule has 150 valence electrons. The molecule has 1 aliphatic heterocycles. The van der Waals surface area contributed by atoms with Gasteiger partial charge in [0.2, 0.25) is 5.09 Å². The SMILES string of the molecule is O=C(Nc1cccc(OC2CCCC2)c1)c1ccc(S(=O)(=O)N2CCCC2)o1. The number of furan rings is 1. The van der Waals surface area contributed by atoms with Crippen LogP contribution in [0.2, 0.25) is 0 Å². The van der Waals surface area contributed by atoms with E-state index in [0.717, 1.165) is 25.7 Å². The number of carbonyl (C=O) groups excluding carboxylic acids is 1. The lowest BCUT2D eigenvalue weighted by atomic mass is 10.2. The first-order valence-corrected chi connectivity index (χ1v) is 11.1. The number of nitrogens with zero attached hydrogens (tertiary/aromatic N) is 1. The maximum atomic E-state index is 12.5. The molecule has 1 aliphatic carbocycles. The average molecular weight is 404 g/mol. The van der Waals surface area contributed by atoms with E-state index in [-0.39, 0.29) is 17.0 Å². The van der Waals surface area contributed by atoms with Crippen molar-refractivity contribution in [3.8, 4) is 5.75 Å².